The van der Waals surface area contributed by atoms with Crippen LogP contribution in [0, 0.1) is 5.82 Å². The quantitative estimate of drug-likeness (QED) is 0.512. The maximum Gasteiger partial charge on any atom is 0.265 e. The monoisotopic (exact) mass is 455 g/mol. The maximum atomic E-state index is 13.3. The summed E-state index contributed by atoms with van der Waals surface area (Å²) in [4.78, 5) is 43.0. The van der Waals surface area contributed by atoms with Crippen molar-refractivity contribution in [2.45, 2.75) is 13.0 Å². The topological polar surface area (TPSA) is 96.7 Å². The average Bonchev–Trinajstić information content (AvgIpc) is 3.22. The Morgan fingerprint density at radius 1 is 1.00 bits per heavy atom. The number of hydrogen-bond donors (Lipinski definition) is 1. The van der Waals surface area contributed by atoms with Gasteiger partial charge in [0, 0.05) is 11.6 Å². The highest BCUT2D eigenvalue weighted by molar-refractivity contribution is 6.18. The first-order chi connectivity index (χ1) is 16.5. The third kappa shape index (κ3) is 4.06. The average molecular weight is 455 g/mol. The fourth-order valence-corrected chi connectivity index (χ4v) is 3.76. The Morgan fingerprint density at radius 2 is 1.76 bits per heavy atom. The molecule has 0 spiro atoms. The van der Waals surface area contributed by atoms with Crippen molar-refractivity contribution in [3.8, 4) is 0 Å². The standard InChI is InChI=1S/C25H18FN5O3/c26-18-10-8-16(9-11-18)15-30-23-17(5-4-12-27-23)13-20(25(30)34)24(33)28-21-14-22(32)31(29-21)19-6-2-1-3-7-19/h1-13H,14-15H2,(H,28,29,33). The van der Waals surface area contributed by atoms with Gasteiger partial charge in [-0.15, -0.1) is 0 Å². The van der Waals surface area contributed by atoms with Gasteiger partial charge in [0.05, 0.1) is 18.7 Å². The lowest BCUT2D eigenvalue weighted by molar-refractivity contribution is -0.116. The molecule has 0 atom stereocenters. The summed E-state index contributed by atoms with van der Waals surface area (Å²) in [5.41, 5.74) is 0.984. The molecule has 0 unspecified atom stereocenters. The van der Waals surface area contributed by atoms with Crippen LogP contribution in [-0.4, -0.2) is 27.2 Å². The predicted molar refractivity (Wildman–Crippen MR) is 125 cm³/mol. The Balaban J connectivity index is 1.48. The van der Waals surface area contributed by atoms with Crippen molar-refractivity contribution in [3.63, 3.8) is 0 Å². The van der Waals surface area contributed by atoms with E-state index in [9.17, 15) is 18.8 Å². The minimum Gasteiger partial charge on any atom is -0.308 e. The smallest absolute Gasteiger partial charge is 0.265 e. The molecular formula is C25H18FN5O3. The zero-order chi connectivity index (χ0) is 23.7. The van der Waals surface area contributed by atoms with Crippen molar-refractivity contribution < 1.29 is 14.0 Å². The number of anilines is 1. The predicted octanol–water partition coefficient (Wildman–Crippen LogP) is 3.06. The molecule has 0 bridgehead atoms. The number of rotatable bonds is 4. The Hall–Kier alpha value is -4.66. The van der Waals surface area contributed by atoms with Gasteiger partial charge in [-0.3, -0.25) is 19.0 Å². The van der Waals surface area contributed by atoms with Crippen LogP contribution in [0.3, 0.4) is 0 Å². The second-order valence-electron chi connectivity index (χ2n) is 7.71. The van der Waals surface area contributed by atoms with Crippen molar-refractivity contribution in [1.29, 1.82) is 0 Å². The largest absolute Gasteiger partial charge is 0.308 e. The van der Waals surface area contributed by atoms with Gasteiger partial charge in [-0.05, 0) is 48.0 Å². The van der Waals surface area contributed by atoms with Crippen molar-refractivity contribution >= 4 is 34.4 Å². The third-order valence-electron chi connectivity index (χ3n) is 5.38. The summed E-state index contributed by atoms with van der Waals surface area (Å²) in [6, 6.07) is 19.5. The molecule has 34 heavy (non-hydrogen) atoms. The number of amides is 2. The van der Waals surface area contributed by atoms with Gasteiger partial charge in [0.15, 0.2) is 0 Å². The minimum absolute atomic E-state index is 0.0977. The van der Waals surface area contributed by atoms with Gasteiger partial charge in [-0.2, -0.15) is 10.1 Å². The first-order valence-corrected chi connectivity index (χ1v) is 10.5. The van der Waals surface area contributed by atoms with E-state index in [2.05, 4.69) is 15.4 Å². The third-order valence-corrected chi connectivity index (χ3v) is 5.38. The van der Waals surface area contributed by atoms with Crippen LogP contribution < -0.4 is 15.9 Å². The van der Waals surface area contributed by atoms with E-state index in [4.69, 9.17) is 0 Å². The molecule has 3 heterocycles. The minimum atomic E-state index is -0.676. The molecule has 8 nitrogen and oxygen atoms in total. The maximum absolute atomic E-state index is 13.3. The van der Waals surface area contributed by atoms with Crippen LogP contribution in [0.15, 0.2) is 88.9 Å². The normalized spacial score (nSPS) is 13.3. The zero-order valence-electron chi connectivity index (χ0n) is 17.8. The molecule has 0 saturated carbocycles. The van der Waals surface area contributed by atoms with Gasteiger partial charge in [-0.1, -0.05) is 30.3 Å². The number of carbonyl (C=O) groups is 2. The molecule has 0 aliphatic carbocycles. The number of nitrogens with zero attached hydrogens (tertiary/aromatic N) is 4. The molecular weight excluding hydrogens is 437 g/mol. The van der Waals surface area contributed by atoms with Gasteiger partial charge in [0.25, 0.3) is 17.4 Å². The molecule has 9 heteroatoms. The number of hydrazone groups is 1. The van der Waals surface area contributed by atoms with Gasteiger partial charge in [0.1, 0.15) is 22.9 Å². The number of benzene rings is 2. The first kappa shape index (κ1) is 21.2. The second kappa shape index (κ2) is 8.70. The molecule has 168 valence electrons. The summed E-state index contributed by atoms with van der Waals surface area (Å²) in [5, 5.41) is 8.60. The fraction of sp³-hybridized carbons (Fsp3) is 0.0800. The number of amidine groups is 1. The van der Waals surface area contributed by atoms with Crippen molar-refractivity contribution in [1.82, 2.24) is 14.9 Å². The van der Waals surface area contributed by atoms with Crippen molar-refractivity contribution in [2.75, 3.05) is 5.01 Å². The van der Waals surface area contributed by atoms with E-state index in [1.54, 1.807) is 54.7 Å². The van der Waals surface area contributed by atoms with Crippen molar-refractivity contribution in [3.05, 3.63) is 106 Å². The second-order valence-corrected chi connectivity index (χ2v) is 7.71. The number of halogens is 1. The molecule has 2 amide bonds. The van der Waals surface area contributed by atoms with E-state index >= 15 is 0 Å². The summed E-state index contributed by atoms with van der Waals surface area (Å²) in [6.45, 7) is 0.106. The molecule has 1 aliphatic heterocycles. The van der Waals surface area contributed by atoms with Crippen LogP contribution >= 0.6 is 0 Å². The number of hydrogen-bond acceptors (Lipinski definition) is 5. The summed E-state index contributed by atoms with van der Waals surface area (Å²) in [7, 11) is 0. The van der Waals surface area contributed by atoms with Gasteiger partial charge < -0.3 is 5.32 Å². The van der Waals surface area contributed by atoms with Gasteiger partial charge in [0.2, 0.25) is 0 Å². The first-order valence-electron chi connectivity index (χ1n) is 10.5. The molecule has 5 rings (SSSR count). The molecule has 2 aromatic heterocycles. The van der Waals surface area contributed by atoms with E-state index in [-0.39, 0.29) is 36.1 Å². The highest BCUT2D eigenvalue weighted by Crippen LogP contribution is 2.19. The highest BCUT2D eigenvalue weighted by atomic mass is 19.1. The number of fused-ring (bicyclic) bond motifs is 1. The van der Waals surface area contributed by atoms with Crippen LogP contribution in [0.1, 0.15) is 22.3 Å². The van der Waals surface area contributed by atoms with Gasteiger partial charge >= 0.3 is 0 Å². The summed E-state index contributed by atoms with van der Waals surface area (Å²) in [5.74, 6) is -1.21. The Bertz CT molecular complexity index is 1500. The Morgan fingerprint density at radius 3 is 2.53 bits per heavy atom. The lowest BCUT2D eigenvalue weighted by Crippen LogP contribution is -2.36. The summed E-state index contributed by atoms with van der Waals surface area (Å²) >= 11 is 0. The van der Waals surface area contributed by atoms with E-state index in [0.717, 1.165) is 0 Å². The molecule has 0 radical (unpaired) electrons. The summed E-state index contributed by atoms with van der Waals surface area (Å²) in [6.07, 6.45) is 1.46. The Kier molecular flexibility index (Phi) is 5.43. The zero-order valence-corrected chi connectivity index (χ0v) is 17.8. The number of pyridine rings is 2. The van der Waals surface area contributed by atoms with Crippen LogP contribution in [-0.2, 0) is 11.3 Å². The van der Waals surface area contributed by atoms with Crippen LogP contribution in [0.5, 0.6) is 0 Å². The molecule has 1 N–H and O–H groups in total. The van der Waals surface area contributed by atoms with Crippen LogP contribution in [0.25, 0.3) is 11.0 Å². The summed E-state index contributed by atoms with van der Waals surface area (Å²) < 4.78 is 14.7. The Labute approximate surface area is 193 Å². The van der Waals surface area contributed by atoms with Crippen molar-refractivity contribution in [2.24, 2.45) is 5.10 Å². The molecule has 2 aromatic carbocycles. The van der Waals surface area contributed by atoms with E-state index in [1.165, 1.54) is 27.8 Å². The molecule has 0 fully saturated rings. The molecule has 0 saturated heterocycles. The SMILES string of the molecule is O=C(NC1=NN(c2ccccc2)C(=O)C1)c1cc2cccnc2n(Cc2ccc(F)cc2)c1=O. The molecule has 1 aliphatic rings. The van der Waals surface area contributed by atoms with Crippen LogP contribution in [0.2, 0.25) is 0 Å². The number of carbonyl (C=O) groups excluding carboxylic acids is 2. The van der Waals surface area contributed by atoms with E-state index < -0.39 is 11.5 Å². The highest BCUT2D eigenvalue weighted by Gasteiger charge is 2.27. The van der Waals surface area contributed by atoms with E-state index in [1.807, 2.05) is 6.07 Å². The lowest BCUT2D eigenvalue weighted by Gasteiger charge is -2.12. The number of aromatic nitrogens is 2. The number of nitrogens with one attached hydrogen (secondary N) is 1. The lowest BCUT2D eigenvalue weighted by atomic mass is 10.1. The fourth-order valence-electron chi connectivity index (χ4n) is 3.76. The van der Waals surface area contributed by atoms with Gasteiger partial charge in [-0.25, -0.2) is 9.37 Å². The molecule has 4 aromatic rings. The van der Waals surface area contributed by atoms with E-state index in [0.29, 0.717) is 22.3 Å². The number of para-hydroxylation sites is 1. The van der Waals surface area contributed by atoms with Crippen LogP contribution in [0.4, 0.5) is 10.1 Å².